The summed E-state index contributed by atoms with van der Waals surface area (Å²) < 4.78 is 2.15. The maximum Gasteiger partial charge on any atom is 0.137 e. The van der Waals surface area contributed by atoms with Gasteiger partial charge in [0.2, 0.25) is 0 Å². The standard InChI is InChI=1S/C18H21N3/c1-13(2)14-6-8-15(9-7-14)18-16(10-11-19)20-17-5-3-4-12-21(17)18/h3-9,12-13H,10-11,19H2,1-2H3. The van der Waals surface area contributed by atoms with Crippen LogP contribution >= 0.6 is 0 Å². The summed E-state index contributed by atoms with van der Waals surface area (Å²) in [6.45, 7) is 5.03. The lowest BCUT2D eigenvalue weighted by atomic mass is 10.00. The molecule has 21 heavy (non-hydrogen) atoms. The van der Waals surface area contributed by atoms with Gasteiger partial charge < -0.3 is 5.73 Å². The number of hydrogen-bond donors (Lipinski definition) is 1. The highest BCUT2D eigenvalue weighted by molar-refractivity contribution is 5.67. The predicted molar refractivity (Wildman–Crippen MR) is 87.5 cm³/mol. The zero-order chi connectivity index (χ0) is 14.8. The number of rotatable bonds is 4. The Balaban J connectivity index is 2.15. The minimum atomic E-state index is 0.546. The summed E-state index contributed by atoms with van der Waals surface area (Å²) in [5.41, 5.74) is 11.5. The highest BCUT2D eigenvalue weighted by Crippen LogP contribution is 2.27. The van der Waals surface area contributed by atoms with E-state index in [0.717, 1.165) is 23.5 Å². The van der Waals surface area contributed by atoms with Crippen LogP contribution in [0.1, 0.15) is 31.0 Å². The van der Waals surface area contributed by atoms with Crippen molar-refractivity contribution < 1.29 is 0 Å². The minimum Gasteiger partial charge on any atom is -0.330 e. The Hall–Kier alpha value is -2.13. The van der Waals surface area contributed by atoms with Crippen molar-refractivity contribution in [3.05, 3.63) is 59.9 Å². The predicted octanol–water partition coefficient (Wildman–Crippen LogP) is 3.63. The Bertz CT molecular complexity index is 739. The van der Waals surface area contributed by atoms with Crippen molar-refractivity contribution in [3.8, 4) is 11.3 Å². The van der Waals surface area contributed by atoms with Gasteiger partial charge in [0.25, 0.3) is 0 Å². The quantitative estimate of drug-likeness (QED) is 0.792. The topological polar surface area (TPSA) is 43.3 Å². The molecule has 2 N–H and O–H groups in total. The molecular weight excluding hydrogens is 258 g/mol. The lowest BCUT2D eigenvalue weighted by Crippen LogP contribution is -2.04. The molecule has 0 saturated heterocycles. The smallest absolute Gasteiger partial charge is 0.137 e. The van der Waals surface area contributed by atoms with Gasteiger partial charge in [-0.05, 0) is 30.2 Å². The lowest BCUT2D eigenvalue weighted by molar-refractivity contribution is 0.867. The molecule has 0 spiro atoms. The van der Waals surface area contributed by atoms with Crippen molar-refractivity contribution in [2.75, 3.05) is 6.54 Å². The Morgan fingerprint density at radius 2 is 1.86 bits per heavy atom. The fraction of sp³-hybridized carbons (Fsp3) is 0.278. The second kappa shape index (κ2) is 5.70. The molecule has 3 rings (SSSR count). The number of nitrogens with two attached hydrogens (primary N) is 1. The zero-order valence-electron chi connectivity index (χ0n) is 12.6. The number of benzene rings is 1. The summed E-state index contributed by atoms with van der Waals surface area (Å²) in [7, 11) is 0. The third-order valence-corrected chi connectivity index (χ3v) is 3.83. The summed E-state index contributed by atoms with van der Waals surface area (Å²) >= 11 is 0. The van der Waals surface area contributed by atoms with Crippen LogP contribution in [0.4, 0.5) is 0 Å². The molecule has 3 heteroatoms. The summed E-state index contributed by atoms with van der Waals surface area (Å²) in [4.78, 5) is 4.72. The first-order chi connectivity index (χ1) is 10.2. The van der Waals surface area contributed by atoms with Crippen molar-refractivity contribution in [3.63, 3.8) is 0 Å². The van der Waals surface area contributed by atoms with Crippen LogP contribution in [0.2, 0.25) is 0 Å². The molecule has 0 aliphatic rings. The van der Waals surface area contributed by atoms with Crippen LogP contribution in [-0.2, 0) is 6.42 Å². The first-order valence-electron chi connectivity index (χ1n) is 7.47. The fourth-order valence-electron chi connectivity index (χ4n) is 2.69. The van der Waals surface area contributed by atoms with Gasteiger partial charge in [0.1, 0.15) is 5.65 Å². The molecule has 2 aromatic heterocycles. The van der Waals surface area contributed by atoms with E-state index in [9.17, 15) is 0 Å². The number of pyridine rings is 1. The average molecular weight is 279 g/mol. The van der Waals surface area contributed by atoms with Crippen LogP contribution in [0, 0.1) is 0 Å². The Morgan fingerprint density at radius 1 is 1.10 bits per heavy atom. The maximum absolute atomic E-state index is 5.74. The van der Waals surface area contributed by atoms with Gasteiger partial charge in [-0.25, -0.2) is 4.98 Å². The summed E-state index contributed by atoms with van der Waals surface area (Å²) in [5.74, 6) is 0.546. The molecule has 0 aliphatic carbocycles. The molecule has 0 saturated carbocycles. The molecule has 0 bridgehead atoms. The zero-order valence-corrected chi connectivity index (χ0v) is 12.6. The number of imidazole rings is 1. The van der Waals surface area contributed by atoms with Gasteiger partial charge in [0.05, 0.1) is 11.4 Å². The van der Waals surface area contributed by atoms with Crippen LogP contribution in [0.5, 0.6) is 0 Å². The van der Waals surface area contributed by atoms with E-state index in [-0.39, 0.29) is 0 Å². The summed E-state index contributed by atoms with van der Waals surface area (Å²) in [6, 6.07) is 14.9. The van der Waals surface area contributed by atoms with E-state index >= 15 is 0 Å². The monoisotopic (exact) mass is 279 g/mol. The van der Waals surface area contributed by atoms with Crippen molar-refractivity contribution >= 4 is 5.65 Å². The Kier molecular flexibility index (Phi) is 3.76. The van der Waals surface area contributed by atoms with Gasteiger partial charge in [0, 0.05) is 18.2 Å². The number of hydrogen-bond acceptors (Lipinski definition) is 2. The molecule has 3 nitrogen and oxygen atoms in total. The van der Waals surface area contributed by atoms with Crippen LogP contribution in [0.15, 0.2) is 48.7 Å². The van der Waals surface area contributed by atoms with E-state index in [1.807, 2.05) is 18.2 Å². The van der Waals surface area contributed by atoms with Crippen molar-refractivity contribution in [2.45, 2.75) is 26.2 Å². The molecule has 0 aliphatic heterocycles. The second-order valence-corrected chi connectivity index (χ2v) is 5.65. The normalized spacial score (nSPS) is 11.4. The van der Waals surface area contributed by atoms with E-state index in [1.54, 1.807) is 0 Å². The van der Waals surface area contributed by atoms with Gasteiger partial charge in [-0.2, -0.15) is 0 Å². The first-order valence-corrected chi connectivity index (χ1v) is 7.47. The van der Waals surface area contributed by atoms with Crippen molar-refractivity contribution in [2.24, 2.45) is 5.73 Å². The highest BCUT2D eigenvalue weighted by atomic mass is 15.0. The van der Waals surface area contributed by atoms with Crippen molar-refractivity contribution in [1.29, 1.82) is 0 Å². The van der Waals surface area contributed by atoms with Gasteiger partial charge in [-0.1, -0.05) is 44.2 Å². The van der Waals surface area contributed by atoms with Gasteiger partial charge in [0.15, 0.2) is 0 Å². The average Bonchev–Trinajstić information content (AvgIpc) is 2.85. The second-order valence-electron chi connectivity index (χ2n) is 5.65. The molecule has 0 fully saturated rings. The van der Waals surface area contributed by atoms with Gasteiger partial charge >= 0.3 is 0 Å². The largest absolute Gasteiger partial charge is 0.330 e. The maximum atomic E-state index is 5.74. The molecule has 0 radical (unpaired) electrons. The molecule has 0 unspecified atom stereocenters. The summed E-state index contributed by atoms with van der Waals surface area (Å²) in [5, 5.41) is 0. The summed E-state index contributed by atoms with van der Waals surface area (Å²) in [6.07, 6.45) is 2.86. The van der Waals surface area contributed by atoms with Crippen LogP contribution < -0.4 is 5.73 Å². The lowest BCUT2D eigenvalue weighted by Gasteiger charge is -2.08. The Morgan fingerprint density at radius 3 is 2.52 bits per heavy atom. The van der Waals surface area contributed by atoms with Crippen LogP contribution in [0.3, 0.4) is 0 Å². The van der Waals surface area contributed by atoms with E-state index < -0.39 is 0 Å². The number of nitrogens with zero attached hydrogens (tertiary/aromatic N) is 2. The molecule has 1 aromatic carbocycles. The molecular formula is C18H21N3. The third-order valence-electron chi connectivity index (χ3n) is 3.83. The van der Waals surface area contributed by atoms with E-state index in [4.69, 9.17) is 10.7 Å². The van der Waals surface area contributed by atoms with Crippen molar-refractivity contribution in [1.82, 2.24) is 9.38 Å². The fourth-order valence-corrected chi connectivity index (χ4v) is 2.69. The van der Waals surface area contributed by atoms with Gasteiger partial charge in [-0.3, -0.25) is 4.40 Å². The van der Waals surface area contributed by atoms with Gasteiger partial charge in [-0.15, -0.1) is 0 Å². The molecule has 0 atom stereocenters. The highest BCUT2D eigenvalue weighted by Gasteiger charge is 2.13. The molecule has 2 heterocycles. The SMILES string of the molecule is CC(C)c1ccc(-c2c(CCN)nc3ccccn23)cc1. The van der Waals surface area contributed by atoms with E-state index in [1.165, 1.54) is 11.1 Å². The van der Waals surface area contributed by atoms with Crippen LogP contribution in [-0.4, -0.2) is 15.9 Å². The van der Waals surface area contributed by atoms with E-state index in [0.29, 0.717) is 12.5 Å². The first kappa shape index (κ1) is 13.8. The minimum absolute atomic E-state index is 0.546. The molecule has 3 aromatic rings. The van der Waals surface area contributed by atoms with Crippen LogP contribution in [0.25, 0.3) is 16.9 Å². The molecule has 108 valence electrons. The number of aromatic nitrogens is 2. The number of fused-ring (bicyclic) bond motifs is 1. The Labute approximate surface area is 125 Å². The van der Waals surface area contributed by atoms with E-state index in [2.05, 4.69) is 48.7 Å². The third kappa shape index (κ3) is 2.57. The molecule has 0 amide bonds.